The molecule has 1 aromatic rings. The maximum atomic E-state index is 11.6. The molecule has 120 valence electrons. The smallest absolute Gasteiger partial charge is 0.220 e. The van der Waals surface area contributed by atoms with Crippen LogP contribution >= 0.6 is 28.3 Å². The Balaban J connectivity index is 0.00000400. The van der Waals surface area contributed by atoms with Gasteiger partial charge in [0.15, 0.2) is 11.5 Å². The van der Waals surface area contributed by atoms with Gasteiger partial charge in [-0.3, -0.25) is 4.79 Å². The number of rotatable bonds is 8. The van der Waals surface area contributed by atoms with Gasteiger partial charge < -0.3 is 20.1 Å². The molecule has 0 bridgehead atoms. The second-order valence-corrected chi connectivity index (χ2v) is 5.15. The van der Waals surface area contributed by atoms with Gasteiger partial charge in [0.25, 0.3) is 0 Å². The Morgan fingerprint density at radius 2 is 2.00 bits per heavy atom. The van der Waals surface area contributed by atoms with Gasteiger partial charge in [-0.05, 0) is 53.6 Å². The highest BCUT2D eigenvalue weighted by molar-refractivity contribution is 9.10. The molecule has 0 fully saturated rings. The van der Waals surface area contributed by atoms with Gasteiger partial charge in [-0.15, -0.1) is 12.4 Å². The molecule has 21 heavy (non-hydrogen) atoms. The quantitative estimate of drug-likeness (QED) is 0.679. The van der Waals surface area contributed by atoms with E-state index in [1.807, 2.05) is 19.2 Å². The third kappa shape index (κ3) is 6.54. The first kappa shape index (κ1) is 20.0. The van der Waals surface area contributed by atoms with Gasteiger partial charge in [0.1, 0.15) is 0 Å². The molecule has 1 amide bonds. The van der Waals surface area contributed by atoms with Crippen LogP contribution < -0.4 is 20.1 Å². The highest BCUT2D eigenvalue weighted by atomic mass is 79.9. The third-order valence-electron chi connectivity index (χ3n) is 2.81. The normalized spacial score (nSPS) is 9.71. The monoisotopic (exact) mass is 380 g/mol. The first-order valence-electron chi connectivity index (χ1n) is 6.44. The number of nitrogens with one attached hydrogen (secondary N) is 2. The number of hydrogen-bond acceptors (Lipinski definition) is 4. The van der Waals surface area contributed by atoms with Gasteiger partial charge >= 0.3 is 0 Å². The van der Waals surface area contributed by atoms with Gasteiger partial charge in [-0.1, -0.05) is 0 Å². The van der Waals surface area contributed by atoms with Crippen molar-refractivity contribution in [3.05, 3.63) is 22.2 Å². The number of methoxy groups -OCH3 is 2. The van der Waals surface area contributed by atoms with Crippen LogP contribution in [0.3, 0.4) is 0 Å². The minimum Gasteiger partial charge on any atom is -0.493 e. The van der Waals surface area contributed by atoms with Crippen LogP contribution in [0.2, 0.25) is 0 Å². The highest BCUT2D eigenvalue weighted by Crippen LogP contribution is 2.36. The van der Waals surface area contributed by atoms with E-state index in [2.05, 4.69) is 26.6 Å². The first-order chi connectivity index (χ1) is 9.62. The molecule has 0 unspecified atom stereocenters. The lowest BCUT2D eigenvalue weighted by Gasteiger charge is -2.12. The van der Waals surface area contributed by atoms with Gasteiger partial charge in [0, 0.05) is 13.0 Å². The Hall–Kier alpha value is -0.980. The van der Waals surface area contributed by atoms with Crippen LogP contribution in [0.4, 0.5) is 0 Å². The van der Waals surface area contributed by atoms with Gasteiger partial charge in [0.05, 0.1) is 18.7 Å². The maximum absolute atomic E-state index is 11.6. The Kier molecular flexibility index (Phi) is 10.2. The highest BCUT2D eigenvalue weighted by Gasteiger charge is 2.11. The number of halogens is 2. The molecule has 0 saturated carbocycles. The van der Waals surface area contributed by atoms with E-state index in [-0.39, 0.29) is 18.3 Å². The summed E-state index contributed by atoms with van der Waals surface area (Å²) in [6, 6.07) is 3.77. The molecule has 0 heterocycles. The van der Waals surface area contributed by atoms with Crippen molar-refractivity contribution in [1.29, 1.82) is 0 Å². The van der Waals surface area contributed by atoms with Crippen molar-refractivity contribution >= 4 is 34.2 Å². The molecule has 0 spiro atoms. The van der Waals surface area contributed by atoms with E-state index < -0.39 is 0 Å². The van der Waals surface area contributed by atoms with Crippen LogP contribution in [0.1, 0.15) is 18.4 Å². The minimum atomic E-state index is 0. The van der Waals surface area contributed by atoms with Crippen LogP contribution in [0, 0.1) is 0 Å². The number of benzene rings is 1. The molecule has 5 nitrogen and oxygen atoms in total. The SMILES string of the molecule is CNCCCC(=O)NCc1cc(Br)c(OC)c(OC)c1.Cl. The van der Waals surface area contributed by atoms with E-state index >= 15 is 0 Å². The second kappa shape index (κ2) is 10.7. The van der Waals surface area contributed by atoms with Crippen molar-refractivity contribution in [2.75, 3.05) is 27.8 Å². The van der Waals surface area contributed by atoms with E-state index in [4.69, 9.17) is 9.47 Å². The standard InChI is InChI=1S/C14H21BrN2O3.ClH/c1-16-6-4-5-13(18)17-9-10-7-11(15)14(20-3)12(8-10)19-2;/h7-8,16H,4-6,9H2,1-3H3,(H,17,18);1H. The van der Waals surface area contributed by atoms with Gasteiger partial charge in [-0.2, -0.15) is 0 Å². The maximum Gasteiger partial charge on any atom is 0.220 e. The summed E-state index contributed by atoms with van der Waals surface area (Å²) < 4.78 is 11.3. The molecule has 0 saturated heterocycles. The van der Waals surface area contributed by atoms with Crippen LogP contribution in [-0.2, 0) is 11.3 Å². The van der Waals surface area contributed by atoms with Gasteiger partial charge in [-0.25, -0.2) is 0 Å². The van der Waals surface area contributed by atoms with E-state index in [1.54, 1.807) is 14.2 Å². The molecular formula is C14H22BrClN2O3. The average Bonchev–Trinajstić information content (AvgIpc) is 2.44. The Bertz CT molecular complexity index is 458. The molecule has 0 aliphatic carbocycles. The lowest BCUT2D eigenvalue weighted by atomic mass is 10.2. The summed E-state index contributed by atoms with van der Waals surface area (Å²) >= 11 is 3.43. The molecule has 0 radical (unpaired) electrons. The van der Waals surface area contributed by atoms with Crippen molar-refractivity contribution in [1.82, 2.24) is 10.6 Å². The molecule has 0 atom stereocenters. The van der Waals surface area contributed by atoms with E-state index in [1.165, 1.54) is 0 Å². The summed E-state index contributed by atoms with van der Waals surface area (Å²) in [6.45, 7) is 1.31. The summed E-state index contributed by atoms with van der Waals surface area (Å²) in [5.74, 6) is 1.34. The van der Waals surface area contributed by atoms with Crippen molar-refractivity contribution in [3.63, 3.8) is 0 Å². The number of amides is 1. The third-order valence-corrected chi connectivity index (χ3v) is 3.40. The fraction of sp³-hybridized carbons (Fsp3) is 0.500. The van der Waals surface area contributed by atoms with Crippen molar-refractivity contribution < 1.29 is 14.3 Å². The lowest BCUT2D eigenvalue weighted by Crippen LogP contribution is -2.23. The molecule has 1 rings (SSSR count). The fourth-order valence-corrected chi connectivity index (χ4v) is 2.44. The van der Waals surface area contributed by atoms with Crippen molar-refractivity contribution in [2.45, 2.75) is 19.4 Å². The number of ether oxygens (including phenoxy) is 2. The summed E-state index contributed by atoms with van der Waals surface area (Å²) in [4.78, 5) is 11.6. The average molecular weight is 382 g/mol. The van der Waals surface area contributed by atoms with Crippen LogP contribution in [0.5, 0.6) is 11.5 Å². The molecule has 1 aromatic carbocycles. The molecular weight excluding hydrogens is 360 g/mol. The zero-order valence-corrected chi connectivity index (χ0v) is 14.9. The Morgan fingerprint density at radius 3 is 2.57 bits per heavy atom. The Morgan fingerprint density at radius 1 is 1.29 bits per heavy atom. The van der Waals surface area contributed by atoms with E-state index in [9.17, 15) is 4.79 Å². The summed E-state index contributed by atoms with van der Waals surface area (Å²) in [6.07, 6.45) is 1.35. The number of hydrogen-bond donors (Lipinski definition) is 2. The second-order valence-electron chi connectivity index (χ2n) is 4.30. The molecule has 0 aromatic heterocycles. The zero-order chi connectivity index (χ0) is 15.0. The predicted molar refractivity (Wildman–Crippen MR) is 89.5 cm³/mol. The summed E-state index contributed by atoms with van der Waals surface area (Å²) in [5, 5.41) is 5.91. The molecule has 0 aliphatic heterocycles. The predicted octanol–water partition coefficient (Wildman–Crippen LogP) is 2.50. The largest absolute Gasteiger partial charge is 0.493 e. The molecule has 2 N–H and O–H groups in total. The lowest BCUT2D eigenvalue weighted by molar-refractivity contribution is -0.121. The minimum absolute atomic E-state index is 0. The molecule has 0 aliphatic rings. The Labute approximate surface area is 140 Å². The molecule has 7 heteroatoms. The van der Waals surface area contributed by atoms with E-state index in [0.29, 0.717) is 24.5 Å². The number of carbonyl (C=O) groups is 1. The topological polar surface area (TPSA) is 59.6 Å². The van der Waals surface area contributed by atoms with Crippen LogP contribution in [0.25, 0.3) is 0 Å². The zero-order valence-electron chi connectivity index (χ0n) is 12.5. The number of carbonyl (C=O) groups excluding carboxylic acids is 1. The summed E-state index contributed by atoms with van der Waals surface area (Å²) in [7, 11) is 5.05. The van der Waals surface area contributed by atoms with Gasteiger partial charge in [0.2, 0.25) is 5.91 Å². The van der Waals surface area contributed by atoms with Crippen LogP contribution in [0.15, 0.2) is 16.6 Å². The fourth-order valence-electron chi connectivity index (χ4n) is 1.79. The summed E-state index contributed by atoms with van der Waals surface area (Å²) in [5.41, 5.74) is 0.955. The van der Waals surface area contributed by atoms with Crippen molar-refractivity contribution in [2.24, 2.45) is 0 Å². The first-order valence-corrected chi connectivity index (χ1v) is 7.23. The van der Waals surface area contributed by atoms with E-state index in [0.717, 1.165) is 23.0 Å². The van der Waals surface area contributed by atoms with Crippen molar-refractivity contribution in [3.8, 4) is 11.5 Å². The van der Waals surface area contributed by atoms with Crippen LogP contribution in [-0.4, -0.2) is 33.7 Å².